The third-order valence-corrected chi connectivity index (χ3v) is 4.72. The molecule has 0 bridgehead atoms. The Hall–Kier alpha value is -1.89. The number of morpholine rings is 1. The molecule has 0 radical (unpaired) electrons. The van der Waals surface area contributed by atoms with Crippen LogP contribution in [0.4, 0.5) is 0 Å². The van der Waals surface area contributed by atoms with E-state index in [2.05, 4.69) is 39.6 Å². The molecule has 0 saturated carbocycles. The molecule has 1 aliphatic heterocycles. The Morgan fingerprint density at radius 3 is 2.60 bits per heavy atom. The van der Waals surface area contributed by atoms with Gasteiger partial charge in [-0.2, -0.15) is 5.10 Å². The average molecular weight is 344 g/mol. The summed E-state index contributed by atoms with van der Waals surface area (Å²) in [6.45, 7) is 8.26. The number of nitrogens with zero attached hydrogens (tertiary/aromatic N) is 3. The van der Waals surface area contributed by atoms with Gasteiger partial charge in [0, 0.05) is 39.8 Å². The summed E-state index contributed by atoms with van der Waals surface area (Å²) >= 11 is 0. The number of ether oxygens (including phenoxy) is 2. The van der Waals surface area contributed by atoms with Crippen molar-refractivity contribution in [3.8, 4) is 5.88 Å². The summed E-state index contributed by atoms with van der Waals surface area (Å²) in [5.74, 6) is 0.826. The average Bonchev–Trinajstić information content (AvgIpc) is 2.90. The van der Waals surface area contributed by atoms with Crippen molar-refractivity contribution in [2.45, 2.75) is 26.6 Å². The molecule has 0 spiro atoms. The molecule has 6 heteroatoms. The Balaban J connectivity index is 1.62. The van der Waals surface area contributed by atoms with Gasteiger partial charge in [-0.15, -0.1) is 0 Å². The second-order valence-electron chi connectivity index (χ2n) is 6.46. The van der Waals surface area contributed by atoms with Gasteiger partial charge in [-0.05, 0) is 18.1 Å². The van der Waals surface area contributed by atoms with E-state index >= 15 is 0 Å². The summed E-state index contributed by atoms with van der Waals surface area (Å²) in [6, 6.07) is 8.65. The van der Waals surface area contributed by atoms with E-state index in [1.54, 1.807) is 11.8 Å². The number of nitrogens with one attached hydrogen (secondary N) is 1. The molecule has 0 atom stereocenters. The van der Waals surface area contributed by atoms with E-state index in [0.717, 1.165) is 63.1 Å². The topological polar surface area (TPSA) is 51.6 Å². The van der Waals surface area contributed by atoms with Gasteiger partial charge in [0.15, 0.2) is 0 Å². The van der Waals surface area contributed by atoms with Gasteiger partial charge >= 0.3 is 0 Å². The van der Waals surface area contributed by atoms with Crippen LogP contribution in [0.15, 0.2) is 24.3 Å². The lowest BCUT2D eigenvalue weighted by Gasteiger charge is -2.27. The predicted molar refractivity (Wildman–Crippen MR) is 97.6 cm³/mol. The third-order valence-electron chi connectivity index (χ3n) is 4.72. The lowest BCUT2D eigenvalue weighted by atomic mass is 10.1. The number of rotatable bonds is 7. The molecule has 1 aromatic heterocycles. The van der Waals surface area contributed by atoms with Gasteiger partial charge in [-0.1, -0.05) is 24.3 Å². The van der Waals surface area contributed by atoms with E-state index in [1.165, 1.54) is 11.1 Å². The zero-order valence-electron chi connectivity index (χ0n) is 15.4. The summed E-state index contributed by atoms with van der Waals surface area (Å²) in [5.41, 5.74) is 4.85. The van der Waals surface area contributed by atoms with Crippen LogP contribution in [-0.2, 0) is 31.4 Å². The standard InChI is InChI=1S/C19H28N4O2/c1-15-18(19(24-3)22(2)21-15)13-20-12-16-6-4-5-7-17(16)14-23-8-10-25-11-9-23/h4-7,20H,8-14H2,1-3H3. The Morgan fingerprint density at radius 2 is 1.88 bits per heavy atom. The molecule has 136 valence electrons. The highest BCUT2D eigenvalue weighted by Crippen LogP contribution is 2.21. The van der Waals surface area contributed by atoms with Gasteiger partial charge in [0.1, 0.15) is 0 Å². The maximum Gasteiger partial charge on any atom is 0.216 e. The first-order valence-corrected chi connectivity index (χ1v) is 8.83. The van der Waals surface area contributed by atoms with Gasteiger partial charge in [-0.3, -0.25) is 4.90 Å². The monoisotopic (exact) mass is 344 g/mol. The first kappa shape index (κ1) is 17.9. The van der Waals surface area contributed by atoms with Gasteiger partial charge in [-0.25, -0.2) is 4.68 Å². The second-order valence-corrected chi connectivity index (χ2v) is 6.46. The minimum absolute atomic E-state index is 0.745. The normalized spacial score (nSPS) is 15.5. The maximum atomic E-state index is 5.47. The first-order chi connectivity index (χ1) is 12.2. The molecule has 6 nitrogen and oxygen atoms in total. The van der Waals surface area contributed by atoms with Gasteiger partial charge in [0.25, 0.3) is 0 Å². The quantitative estimate of drug-likeness (QED) is 0.831. The van der Waals surface area contributed by atoms with Crippen molar-refractivity contribution < 1.29 is 9.47 Å². The molecular formula is C19H28N4O2. The highest BCUT2D eigenvalue weighted by molar-refractivity contribution is 5.31. The fourth-order valence-corrected chi connectivity index (χ4v) is 3.35. The smallest absolute Gasteiger partial charge is 0.216 e. The van der Waals surface area contributed by atoms with Crippen LogP contribution >= 0.6 is 0 Å². The molecule has 2 aromatic rings. The van der Waals surface area contributed by atoms with Crippen LogP contribution in [0.2, 0.25) is 0 Å². The Labute approximate surface area is 149 Å². The van der Waals surface area contributed by atoms with E-state index in [-0.39, 0.29) is 0 Å². The number of hydrogen-bond donors (Lipinski definition) is 1. The Morgan fingerprint density at radius 1 is 1.16 bits per heavy atom. The van der Waals surface area contributed by atoms with Crippen LogP contribution in [0.3, 0.4) is 0 Å². The summed E-state index contributed by atoms with van der Waals surface area (Å²) in [7, 11) is 3.60. The number of hydrogen-bond acceptors (Lipinski definition) is 5. The van der Waals surface area contributed by atoms with Crippen molar-refractivity contribution in [1.82, 2.24) is 20.0 Å². The molecular weight excluding hydrogens is 316 g/mol. The molecule has 1 saturated heterocycles. The Kier molecular flexibility index (Phi) is 6.07. The SMILES string of the molecule is COc1c(CNCc2ccccc2CN2CCOCC2)c(C)nn1C. The molecule has 25 heavy (non-hydrogen) atoms. The van der Waals surface area contributed by atoms with Crippen molar-refractivity contribution in [2.24, 2.45) is 7.05 Å². The van der Waals surface area contributed by atoms with Crippen molar-refractivity contribution >= 4 is 0 Å². The van der Waals surface area contributed by atoms with Crippen molar-refractivity contribution in [3.63, 3.8) is 0 Å². The van der Waals surface area contributed by atoms with Crippen LogP contribution in [0.25, 0.3) is 0 Å². The highest BCUT2D eigenvalue weighted by atomic mass is 16.5. The van der Waals surface area contributed by atoms with Crippen LogP contribution in [-0.4, -0.2) is 48.1 Å². The zero-order valence-corrected chi connectivity index (χ0v) is 15.4. The van der Waals surface area contributed by atoms with Crippen LogP contribution in [0, 0.1) is 6.92 Å². The highest BCUT2D eigenvalue weighted by Gasteiger charge is 2.15. The maximum absolute atomic E-state index is 5.47. The van der Waals surface area contributed by atoms with Crippen LogP contribution in [0.5, 0.6) is 5.88 Å². The molecule has 1 aliphatic rings. The summed E-state index contributed by atoms with van der Waals surface area (Å²) in [6.07, 6.45) is 0. The second kappa shape index (κ2) is 8.47. The number of benzene rings is 1. The molecule has 1 fully saturated rings. The van der Waals surface area contributed by atoms with E-state index in [0.29, 0.717) is 0 Å². The van der Waals surface area contributed by atoms with E-state index < -0.39 is 0 Å². The van der Waals surface area contributed by atoms with E-state index in [1.807, 2.05) is 14.0 Å². The molecule has 0 unspecified atom stereocenters. The van der Waals surface area contributed by atoms with E-state index in [4.69, 9.17) is 9.47 Å². The fraction of sp³-hybridized carbons (Fsp3) is 0.526. The minimum Gasteiger partial charge on any atom is -0.481 e. The van der Waals surface area contributed by atoms with Gasteiger partial charge < -0.3 is 14.8 Å². The molecule has 1 aromatic carbocycles. The van der Waals surface area contributed by atoms with Gasteiger partial charge in [0.05, 0.1) is 31.6 Å². The lowest BCUT2D eigenvalue weighted by Crippen LogP contribution is -2.36. The molecule has 0 aliphatic carbocycles. The van der Waals surface area contributed by atoms with Crippen molar-refractivity contribution in [3.05, 3.63) is 46.6 Å². The predicted octanol–water partition coefficient (Wildman–Crippen LogP) is 1.86. The van der Waals surface area contributed by atoms with Crippen LogP contribution in [0.1, 0.15) is 22.4 Å². The lowest BCUT2D eigenvalue weighted by molar-refractivity contribution is 0.0340. The first-order valence-electron chi connectivity index (χ1n) is 8.83. The van der Waals surface area contributed by atoms with Crippen LogP contribution < -0.4 is 10.1 Å². The zero-order chi connectivity index (χ0) is 17.6. The van der Waals surface area contributed by atoms with Crippen molar-refractivity contribution in [1.29, 1.82) is 0 Å². The molecule has 1 N–H and O–H groups in total. The minimum atomic E-state index is 0.745. The number of aromatic nitrogens is 2. The molecule has 0 amide bonds. The summed E-state index contributed by atoms with van der Waals surface area (Å²) in [4.78, 5) is 2.45. The Bertz CT molecular complexity index is 693. The number of methoxy groups -OCH3 is 1. The number of aryl methyl sites for hydroxylation is 2. The van der Waals surface area contributed by atoms with E-state index in [9.17, 15) is 0 Å². The molecule has 2 heterocycles. The molecule has 3 rings (SSSR count). The summed E-state index contributed by atoms with van der Waals surface area (Å²) in [5, 5.41) is 7.98. The summed E-state index contributed by atoms with van der Waals surface area (Å²) < 4.78 is 12.7. The third kappa shape index (κ3) is 4.39. The van der Waals surface area contributed by atoms with Crippen molar-refractivity contribution in [2.75, 3.05) is 33.4 Å². The fourth-order valence-electron chi connectivity index (χ4n) is 3.35. The van der Waals surface area contributed by atoms with Gasteiger partial charge in [0.2, 0.25) is 5.88 Å². The largest absolute Gasteiger partial charge is 0.481 e.